The summed E-state index contributed by atoms with van der Waals surface area (Å²) in [5.41, 5.74) is -0.112. The molecule has 0 radical (unpaired) electrons. The van der Waals surface area contributed by atoms with E-state index in [1.807, 2.05) is 95.8 Å². The Morgan fingerprint density at radius 1 is 0.775 bits per heavy atom. The van der Waals surface area contributed by atoms with Crippen LogP contribution in [0.15, 0.2) is 95.8 Å². The molecular formula is C31H40N3O5P. The minimum Gasteiger partial charge on any atom is -0.443 e. The Kier molecular flexibility index (Phi) is 10.4. The maximum Gasteiger partial charge on any atom is 0.565 e. The first-order chi connectivity index (χ1) is 18.9. The van der Waals surface area contributed by atoms with Crippen molar-refractivity contribution in [2.75, 3.05) is 11.4 Å². The third-order valence-corrected chi connectivity index (χ3v) is 6.92. The minimum atomic E-state index is -4.20. The number of carbonyl (C=O) groups is 1. The maximum absolute atomic E-state index is 14.4. The summed E-state index contributed by atoms with van der Waals surface area (Å²) >= 11 is 0. The molecule has 0 heterocycles. The topological polar surface area (TPSA) is 80.7 Å². The van der Waals surface area contributed by atoms with Gasteiger partial charge in [0.1, 0.15) is 22.9 Å². The zero-order valence-corrected chi connectivity index (χ0v) is 25.2. The van der Waals surface area contributed by atoms with Crippen LogP contribution in [0, 0.1) is 0 Å². The number of anilines is 1. The van der Waals surface area contributed by atoms with Gasteiger partial charge in [-0.2, -0.15) is 0 Å². The number of amidine groups is 1. The lowest BCUT2D eigenvalue weighted by Crippen LogP contribution is -2.49. The van der Waals surface area contributed by atoms with Gasteiger partial charge in [-0.25, -0.2) is 9.36 Å². The summed E-state index contributed by atoms with van der Waals surface area (Å²) in [6.07, 6.45) is -0.554. The normalized spacial score (nSPS) is 12.3. The van der Waals surface area contributed by atoms with Crippen molar-refractivity contribution in [2.45, 2.75) is 66.2 Å². The molecular weight excluding hydrogens is 525 g/mol. The van der Waals surface area contributed by atoms with Crippen LogP contribution in [-0.2, 0) is 9.30 Å². The molecule has 3 aromatic carbocycles. The Balaban J connectivity index is 2.16. The molecule has 3 aromatic rings. The van der Waals surface area contributed by atoms with Crippen molar-refractivity contribution in [3.05, 3.63) is 91.0 Å². The molecule has 0 aliphatic heterocycles. The number of benzene rings is 3. The van der Waals surface area contributed by atoms with E-state index >= 15 is 0 Å². The molecule has 0 N–H and O–H groups in total. The molecule has 1 amide bonds. The van der Waals surface area contributed by atoms with Gasteiger partial charge in [-0.05, 0) is 84.9 Å². The number of para-hydroxylation sites is 3. The number of carbonyl (C=O) groups excluding carboxylic acids is 1. The summed E-state index contributed by atoms with van der Waals surface area (Å²) in [5.74, 6) is 1.05. The van der Waals surface area contributed by atoms with Gasteiger partial charge in [-0.3, -0.25) is 4.90 Å². The van der Waals surface area contributed by atoms with Gasteiger partial charge in [-0.1, -0.05) is 54.6 Å². The van der Waals surface area contributed by atoms with E-state index in [4.69, 9.17) is 13.8 Å². The van der Waals surface area contributed by atoms with E-state index in [0.29, 0.717) is 23.0 Å². The van der Waals surface area contributed by atoms with Crippen molar-refractivity contribution in [1.82, 2.24) is 4.90 Å². The van der Waals surface area contributed by atoms with Gasteiger partial charge in [0.25, 0.3) is 0 Å². The van der Waals surface area contributed by atoms with Crippen molar-refractivity contribution in [1.29, 1.82) is 0 Å². The fourth-order valence-electron chi connectivity index (χ4n) is 4.11. The molecule has 0 saturated carbocycles. The van der Waals surface area contributed by atoms with Crippen LogP contribution in [-0.4, -0.2) is 41.1 Å². The summed E-state index contributed by atoms with van der Waals surface area (Å²) in [5, 5.41) is 0. The predicted octanol–water partition coefficient (Wildman–Crippen LogP) is 8.21. The summed E-state index contributed by atoms with van der Waals surface area (Å²) in [6.45, 7) is 13.4. The summed E-state index contributed by atoms with van der Waals surface area (Å²) in [6, 6.07) is 26.6. The van der Waals surface area contributed by atoms with Crippen LogP contribution in [0.5, 0.6) is 11.5 Å². The summed E-state index contributed by atoms with van der Waals surface area (Å²) < 4.78 is 36.8. The standard InChI is InChI=1S/C31H40N3O5P/c1-24(2)34(25(3)4)29(23-33(26-17-11-8-12-18-26)30(35)37-31(5,6)7)32-40(36,38-27-19-13-9-14-20-27)39-28-21-15-10-16-22-28/h8-22,24-25H,23H2,1-7H3/b32-29+. The van der Waals surface area contributed by atoms with E-state index in [0.717, 1.165) is 0 Å². The van der Waals surface area contributed by atoms with Gasteiger partial charge < -0.3 is 18.7 Å². The van der Waals surface area contributed by atoms with Gasteiger partial charge in [0.2, 0.25) is 0 Å². The first kappa shape index (κ1) is 30.8. The Morgan fingerprint density at radius 2 is 1.20 bits per heavy atom. The molecule has 0 aromatic heterocycles. The largest absolute Gasteiger partial charge is 0.565 e. The Labute approximate surface area is 238 Å². The maximum atomic E-state index is 14.4. The first-order valence-electron chi connectivity index (χ1n) is 13.4. The molecule has 0 bridgehead atoms. The van der Waals surface area contributed by atoms with Crippen molar-refractivity contribution in [3.63, 3.8) is 0 Å². The van der Waals surface area contributed by atoms with Gasteiger partial charge in [0, 0.05) is 17.8 Å². The van der Waals surface area contributed by atoms with E-state index < -0.39 is 19.4 Å². The highest BCUT2D eigenvalue weighted by Gasteiger charge is 2.34. The highest BCUT2D eigenvalue weighted by molar-refractivity contribution is 7.53. The number of nitrogens with zero attached hydrogens (tertiary/aromatic N) is 3. The van der Waals surface area contributed by atoms with Gasteiger partial charge in [-0.15, -0.1) is 4.76 Å². The molecule has 8 nitrogen and oxygen atoms in total. The quantitative estimate of drug-likeness (QED) is 0.140. The van der Waals surface area contributed by atoms with Crippen LogP contribution in [0.25, 0.3) is 0 Å². The van der Waals surface area contributed by atoms with E-state index in [1.165, 1.54) is 4.90 Å². The fraction of sp³-hybridized carbons (Fsp3) is 0.355. The van der Waals surface area contributed by atoms with Gasteiger partial charge in [0.05, 0.1) is 6.54 Å². The monoisotopic (exact) mass is 565 g/mol. The van der Waals surface area contributed by atoms with Crippen LogP contribution in [0.4, 0.5) is 10.5 Å². The molecule has 3 rings (SSSR count). The fourth-order valence-corrected chi connectivity index (χ4v) is 5.46. The average molecular weight is 566 g/mol. The van der Waals surface area contributed by atoms with Gasteiger partial charge >= 0.3 is 13.8 Å². The highest BCUT2D eigenvalue weighted by Crippen LogP contribution is 2.50. The van der Waals surface area contributed by atoms with Crippen molar-refractivity contribution >= 4 is 25.4 Å². The van der Waals surface area contributed by atoms with E-state index in [9.17, 15) is 9.36 Å². The van der Waals surface area contributed by atoms with E-state index in [-0.39, 0.29) is 18.6 Å². The van der Waals surface area contributed by atoms with E-state index in [1.54, 1.807) is 48.5 Å². The molecule has 0 atom stereocenters. The SMILES string of the molecule is CC(C)N(/C(CN(C(=O)OC(C)(C)C)c1ccccc1)=N/P(=O)(Oc1ccccc1)Oc1ccccc1)C(C)C. The minimum absolute atomic E-state index is 0.0322. The lowest BCUT2D eigenvalue weighted by molar-refractivity contribution is 0.0584. The molecule has 40 heavy (non-hydrogen) atoms. The van der Waals surface area contributed by atoms with Gasteiger partial charge in [0.15, 0.2) is 0 Å². The van der Waals surface area contributed by atoms with Crippen LogP contribution in [0.3, 0.4) is 0 Å². The van der Waals surface area contributed by atoms with Crippen molar-refractivity contribution in [3.8, 4) is 11.5 Å². The number of hydrogen-bond donors (Lipinski definition) is 0. The summed E-state index contributed by atoms with van der Waals surface area (Å²) in [4.78, 5) is 17.0. The third kappa shape index (κ3) is 9.16. The number of amides is 1. The zero-order chi connectivity index (χ0) is 29.3. The number of ether oxygens (including phenoxy) is 1. The second kappa shape index (κ2) is 13.5. The molecule has 0 aliphatic carbocycles. The lowest BCUT2D eigenvalue weighted by Gasteiger charge is -2.37. The highest BCUT2D eigenvalue weighted by atomic mass is 31.2. The van der Waals surface area contributed by atoms with Crippen LogP contribution in [0.2, 0.25) is 0 Å². The number of hydrogen-bond acceptors (Lipinski definition) is 5. The molecule has 0 fully saturated rings. The Morgan fingerprint density at radius 3 is 1.60 bits per heavy atom. The number of rotatable bonds is 10. The molecule has 0 unspecified atom stereocenters. The predicted molar refractivity (Wildman–Crippen MR) is 161 cm³/mol. The third-order valence-electron chi connectivity index (χ3n) is 5.56. The van der Waals surface area contributed by atoms with Crippen LogP contribution in [0.1, 0.15) is 48.5 Å². The molecule has 9 heteroatoms. The first-order valence-corrected chi connectivity index (χ1v) is 14.9. The van der Waals surface area contributed by atoms with Crippen molar-refractivity contribution in [2.24, 2.45) is 4.76 Å². The molecule has 0 saturated heterocycles. The van der Waals surface area contributed by atoms with E-state index in [2.05, 4.69) is 4.76 Å². The summed E-state index contributed by atoms with van der Waals surface area (Å²) in [7, 11) is -4.20. The average Bonchev–Trinajstić information content (AvgIpc) is 2.87. The second-order valence-corrected chi connectivity index (χ2v) is 12.3. The smallest absolute Gasteiger partial charge is 0.443 e. The second-order valence-electron chi connectivity index (χ2n) is 10.8. The van der Waals surface area contributed by atoms with Crippen molar-refractivity contribution < 1.29 is 23.1 Å². The lowest BCUT2D eigenvalue weighted by atomic mass is 10.2. The molecule has 214 valence electrons. The van der Waals surface area contributed by atoms with Crippen LogP contribution < -0.4 is 13.9 Å². The molecule has 0 aliphatic rings. The molecule has 0 spiro atoms. The zero-order valence-electron chi connectivity index (χ0n) is 24.4. The van der Waals surface area contributed by atoms with Crippen LogP contribution >= 0.6 is 7.75 Å². The Bertz CT molecular complexity index is 1240. The Hall–Kier alpha value is -3.77.